The minimum atomic E-state index is -0.0343. The molecule has 4 heteroatoms. The lowest BCUT2D eigenvalue weighted by molar-refractivity contribution is 0.0631. The van der Waals surface area contributed by atoms with E-state index >= 15 is 0 Å². The fraction of sp³-hybridized carbons (Fsp3) is 0.571. The van der Waals surface area contributed by atoms with Gasteiger partial charge in [0.2, 0.25) is 0 Å². The van der Waals surface area contributed by atoms with Crippen LogP contribution in [0, 0.1) is 6.92 Å². The normalized spacial score (nSPS) is 20.8. The number of ether oxygens (including phenoxy) is 1. The number of fused-ring (bicyclic) bond motifs is 1. The number of pyridine rings is 1. The van der Waals surface area contributed by atoms with Crippen LogP contribution in [-0.2, 0) is 0 Å². The molecular weight excluding hydrogens is 312 g/mol. The average Bonchev–Trinajstić information content (AvgIpc) is 2.66. The molecule has 2 aliphatic rings. The predicted molar refractivity (Wildman–Crippen MR) is 101 cm³/mol. The maximum absolute atomic E-state index is 11.9. The van der Waals surface area contributed by atoms with Gasteiger partial charge in [-0.15, -0.1) is 0 Å². The Labute approximate surface area is 149 Å². The maximum Gasteiger partial charge on any atom is 0.255 e. The van der Waals surface area contributed by atoms with E-state index < -0.39 is 0 Å². The number of aromatic amines is 1. The Balaban J connectivity index is 1.41. The van der Waals surface area contributed by atoms with Gasteiger partial charge in [0.1, 0.15) is 11.9 Å². The molecule has 1 aromatic heterocycles. The fourth-order valence-electron chi connectivity index (χ4n) is 4.45. The molecular formula is C21H28N2O2. The van der Waals surface area contributed by atoms with Gasteiger partial charge in [0, 0.05) is 30.7 Å². The van der Waals surface area contributed by atoms with Gasteiger partial charge in [0.05, 0.1) is 0 Å². The third-order valence-corrected chi connectivity index (χ3v) is 5.95. The summed E-state index contributed by atoms with van der Waals surface area (Å²) in [4.78, 5) is 17.4. The van der Waals surface area contributed by atoms with Crippen LogP contribution in [0.5, 0.6) is 5.75 Å². The molecule has 2 aromatic rings. The Hall–Kier alpha value is -1.81. The molecule has 2 fully saturated rings. The molecule has 0 bridgehead atoms. The number of benzene rings is 1. The number of aryl methyl sites for hydroxylation is 1. The van der Waals surface area contributed by atoms with Gasteiger partial charge in [0.15, 0.2) is 0 Å². The first-order valence-corrected chi connectivity index (χ1v) is 9.73. The third kappa shape index (κ3) is 3.59. The lowest BCUT2D eigenvalue weighted by Crippen LogP contribution is -2.44. The smallest absolute Gasteiger partial charge is 0.255 e. The highest BCUT2D eigenvalue weighted by atomic mass is 16.5. The molecule has 0 spiro atoms. The van der Waals surface area contributed by atoms with Crippen molar-refractivity contribution in [3.63, 3.8) is 0 Å². The SMILES string of the molecule is Cc1c[nH]c(=O)c2ccc(OC3CCN(C4CCCCC4)CC3)cc12. The van der Waals surface area contributed by atoms with Crippen molar-refractivity contribution in [1.29, 1.82) is 0 Å². The molecule has 1 aliphatic carbocycles. The number of likely N-dealkylation sites (tertiary alicyclic amines) is 1. The van der Waals surface area contributed by atoms with E-state index in [0.717, 1.165) is 54.1 Å². The molecule has 4 rings (SSSR count). The first-order chi connectivity index (χ1) is 12.2. The molecule has 0 unspecified atom stereocenters. The topological polar surface area (TPSA) is 45.3 Å². The van der Waals surface area contributed by atoms with E-state index in [1.807, 2.05) is 25.1 Å². The molecule has 1 aliphatic heterocycles. The molecule has 1 saturated heterocycles. The van der Waals surface area contributed by atoms with Crippen molar-refractivity contribution in [3.05, 3.63) is 40.3 Å². The highest BCUT2D eigenvalue weighted by molar-refractivity contribution is 5.85. The van der Waals surface area contributed by atoms with E-state index in [1.165, 1.54) is 32.1 Å². The molecule has 0 atom stereocenters. The Kier molecular flexibility index (Phi) is 4.80. The van der Waals surface area contributed by atoms with Crippen LogP contribution in [0.15, 0.2) is 29.2 Å². The summed E-state index contributed by atoms with van der Waals surface area (Å²) in [6, 6.07) is 6.65. The van der Waals surface area contributed by atoms with Crippen molar-refractivity contribution in [2.75, 3.05) is 13.1 Å². The van der Waals surface area contributed by atoms with Crippen LogP contribution in [0.25, 0.3) is 10.8 Å². The molecule has 1 N–H and O–H groups in total. The second-order valence-electron chi connectivity index (χ2n) is 7.65. The van der Waals surface area contributed by atoms with E-state index in [4.69, 9.17) is 4.74 Å². The number of hydrogen-bond donors (Lipinski definition) is 1. The maximum atomic E-state index is 11.9. The highest BCUT2D eigenvalue weighted by Crippen LogP contribution is 2.28. The molecule has 1 saturated carbocycles. The van der Waals surface area contributed by atoms with Crippen LogP contribution in [0.4, 0.5) is 0 Å². The molecule has 2 heterocycles. The molecule has 25 heavy (non-hydrogen) atoms. The van der Waals surface area contributed by atoms with E-state index in [1.54, 1.807) is 6.20 Å². The molecule has 4 nitrogen and oxygen atoms in total. The number of H-pyrrole nitrogens is 1. The third-order valence-electron chi connectivity index (χ3n) is 5.95. The van der Waals surface area contributed by atoms with Crippen molar-refractivity contribution in [2.45, 2.75) is 64.0 Å². The van der Waals surface area contributed by atoms with Gasteiger partial charge in [0.25, 0.3) is 5.56 Å². The summed E-state index contributed by atoms with van der Waals surface area (Å²) >= 11 is 0. The van der Waals surface area contributed by atoms with Crippen molar-refractivity contribution in [2.24, 2.45) is 0 Å². The standard InChI is InChI=1S/C21H28N2O2/c1-15-14-22-21(24)19-8-7-18(13-20(15)19)25-17-9-11-23(12-10-17)16-5-3-2-4-6-16/h7-8,13-14,16-17H,2-6,9-12H2,1H3,(H,22,24). The number of piperidine rings is 1. The molecule has 0 radical (unpaired) electrons. The molecule has 0 amide bonds. The average molecular weight is 340 g/mol. The van der Waals surface area contributed by atoms with Gasteiger partial charge in [-0.05, 0) is 61.8 Å². The predicted octanol–water partition coefficient (Wildman–Crippen LogP) is 4.01. The monoisotopic (exact) mass is 340 g/mol. The number of hydrogen-bond acceptors (Lipinski definition) is 3. The first kappa shape index (κ1) is 16.6. The number of rotatable bonds is 3. The number of aromatic nitrogens is 1. The van der Waals surface area contributed by atoms with Crippen LogP contribution in [0.3, 0.4) is 0 Å². The van der Waals surface area contributed by atoms with E-state index in [9.17, 15) is 4.79 Å². The van der Waals surface area contributed by atoms with Crippen LogP contribution in [0.1, 0.15) is 50.5 Å². The summed E-state index contributed by atoms with van der Waals surface area (Å²) in [5.41, 5.74) is 1.04. The van der Waals surface area contributed by atoms with Crippen molar-refractivity contribution >= 4 is 10.8 Å². The van der Waals surface area contributed by atoms with Gasteiger partial charge in [-0.25, -0.2) is 0 Å². The first-order valence-electron chi connectivity index (χ1n) is 9.73. The summed E-state index contributed by atoms with van der Waals surface area (Å²) in [6.45, 7) is 4.33. The zero-order valence-corrected chi connectivity index (χ0v) is 15.1. The van der Waals surface area contributed by atoms with Crippen molar-refractivity contribution < 1.29 is 4.74 Å². The summed E-state index contributed by atoms with van der Waals surface area (Å²) in [7, 11) is 0. The van der Waals surface area contributed by atoms with E-state index in [0.29, 0.717) is 6.10 Å². The summed E-state index contributed by atoms with van der Waals surface area (Å²) in [5.74, 6) is 0.886. The highest BCUT2D eigenvalue weighted by Gasteiger charge is 2.27. The van der Waals surface area contributed by atoms with Crippen molar-refractivity contribution in [3.8, 4) is 5.75 Å². The quantitative estimate of drug-likeness (QED) is 0.918. The second kappa shape index (κ2) is 7.20. The van der Waals surface area contributed by atoms with Crippen molar-refractivity contribution in [1.82, 2.24) is 9.88 Å². The molecule has 134 valence electrons. The van der Waals surface area contributed by atoms with E-state index in [-0.39, 0.29) is 5.56 Å². The summed E-state index contributed by atoms with van der Waals surface area (Å²) in [6.07, 6.45) is 11.2. The minimum Gasteiger partial charge on any atom is -0.490 e. The van der Waals surface area contributed by atoms with Gasteiger partial charge >= 0.3 is 0 Å². The Morgan fingerprint density at radius 1 is 1.04 bits per heavy atom. The Morgan fingerprint density at radius 3 is 2.56 bits per heavy atom. The fourth-order valence-corrected chi connectivity index (χ4v) is 4.45. The van der Waals surface area contributed by atoms with Gasteiger partial charge in [-0.2, -0.15) is 0 Å². The zero-order chi connectivity index (χ0) is 17.2. The van der Waals surface area contributed by atoms with Gasteiger partial charge in [-0.3, -0.25) is 4.79 Å². The van der Waals surface area contributed by atoms with Gasteiger partial charge < -0.3 is 14.6 Å². The summed E-state index contributed by atoms with van der Waals surface area (Å²) in [5, 5.41) is 1.72. The van der Waals surface area contributed by atoms with Crippen LogP contribution in [-0.4, -0.2) is 35.1 Å². The Morgan fingerprint density at radius 2 is 1.80 bits per heavy atom. The lowest BCUT2D eigenvalue weighted by Gasteiger charge is -2.39. The zero-order valence-electron chi connectivity index (χ0n) is 15.1. The van der Waals surface area contributed by atoms with Crippen LogP contribution < -0.4 is 10.3 Å². The van der Waals surface area contributed by atoms with Crippen LogP contribution >= 0.6 is 0 Å². The largest absolute Gasteiger partial charge is 0.490 e. The molecule has 1 aromatic carbocycles. The van der Waals surface area contributed by atoms with Gasteiger partial charge in [-0.1, -0.05) is 19.3 Å². The number of nitrogens with one attached hydrogen (secondary N) is 1. The summed E-state index contributed by atoms with van der Waals surface area (Å²) < 4.78 is 6.26. The van der Waals surface area contributed by atoms with Crippen LogP contribution in [0.2, 0.25) is 0 Å². The lowest BCUT2D eigenvalue weighted by atomic mass is 9.92. The minimum absolute atomic E-state index is 0.0343. The second-order valence-corrected chi connectivity index (χ2v) is 7.65. The Bertz CT molecular complexity index is 784. The van der Waals surface area contributed by atoms with E-state index in [2.05, 4.69) is 9.88 Å². The number of nitrogens with zero attached hydrogens (tertiary/aromatic N) is 1.